The summed E-state index contributed by atoms with van der Waals surface area (Å²) in [7, 11) is 0. The van der Waals surface area contributed by atoms with Crippen molar-refractivity contribution in [3.05, 3.63) is 18.0 Å². The van der Waals surface area contributed by atoms with E-state index in [0.717, 1.165) is 12.8 Å². The summed E-state index contributed by atoms with van der Waals surface area (Å²) in [6.45, 7) is 10.5. The molecule has 0 aromatic carbocycles. The smallest absolute Gasteiger partial charge is 0.268 e. The van der Waals surface area contributed by atoms with Gasteiger partial charge in [0.15, 0.2) is 0 Å². The summed E-state index contributed by atoms with van der Waals surface area (Å²) in [6, 6.07) is 2.15. The summed E-state index contributed by atoms with van der Waals surface area (Å²) in [5, 5.41) is 3.04. The largest absolute Gasteiger partial charge is 0.397 e. The predicted octanol–water partition coefficient (Wildman–Crippen LogP) is 3.21. The minimum absolute atomic E-state index is 0.0401. The van der Waals surface area contributed by atoms with Gasteiger partial charge in [-0.2, -0.15) is 0 Å². The minimum Gasteiger partial charge on any atom is -0.397 e. The highest BCUT2D eigenvalue weighted by Gasteiger charge is 2.16. The molecule has 0 aliphatic heterocycles. The van der Waals surface area contributed by atoms with Gasteiger partial charge in [-0.3, -0.25) is 4.79 Å². The first-order chi connectivity index (χ1) is 8.81. The number of amides is 1. The lowest BCUT2D eigenvalue weighted by Gasteiger charge is -2.17. The zero-order chi connectivity index (χ0) is 14.6. The van der Waals surface area contributed by atoms with Crippen LogP contribution >= 0.6 is 0 Å². The van der Waals surface area contributed by atoms with E-state index in [9.17, 15) is 4.79 Å². The molecule has 0 aliphatic rings. The number of anilines is 1. The second-order valence-corrected chi connectivity index (χ2v) is 6.01. The number of hydrogen-bond acceptors (Lipinski definition) is 2. The molecule has 1 aromatic heterocycles. The molecule has 4 heteroatoms. The summed E-state index contributed by atoms with van der Waals surface area (Å²) >= 11 is 0. The SMILES string of the molecule is CC(C)CCC(C)NC(=O)c1cc(N)cn1C(C)C. The van der Waals surface area contributed by atoms with Crippen LogP contribution in [0.4, 0.5) is 5.69 Å². The molecule has 0 spiro atoms. The molecule has 108 valence electrons. The maximum atomic E-state index is 12.3. The van der Waals surface area contributed by atoms with E-state index in [1.54, 1.807) is 6.07 Å². The fourth-order valence-electron chi connectivity index (χ4n) is 2.06. The van der Waals surface area contributed by atoms with E-state index < -0.39 is 0 Å². The van der Waals surface area contributed by atoms with Crippen molar-refractivity contribution >= 4 is 11.6 Å². The van der Waals surface area contributed by atoms with Crippen molar-refractivity contribution in [1.29, 1.82) is 0 Å². The van der Waals surface area contributed by atoms with Crippen molar-refractivity contribution in [1.82, 2.24) is 9.88 Å². The lowest BCUT2D eigenvalue weighted by atomic mass is 10.0. The van der Waals surface area contributed by atoms with Gasteiger partial charge in [-0.1, -0.05) is 13.8 Å². The number of carbonyl (C=O) groups is 1. The molecule has 1 rings (SSSR count). The van der Waals surface area contributed by atoms with Crippen LogP contribution in [0.15, 0.2) is 12.3 Å². The van der Waals surface area contributed by atoms with Crippen LogP contribution in [-0.4, -0.2) is 16.5 Å². The van der Waals surface area contributed by atoms with Crippen molar-refractivity contribution in [2.75, 3.05) is 5.73 Å². The number of aromatic nitrogens is 1. The van der Waals surface area contributed by atoms with Crippen LogP contribution in [0.2, 0.25) is 0 Å². The molecule has 3 N–H and O–H groups in total. The summed E-state index contributed by atoms with van der Waals surface area (Å²) in [5.74, 6) is 0.621. The third-order valence-corrected chi connectivity index (χ3v) is 3.21. The Morgan fingerprint density at radius 1 is 1.26 bits per heavy atom. The maximum Gasteiger partial charge on any atom is 0.268 e. The molecule has 19 heavy (non-hydrogen) atoms. The Morgan fingerprint density at radius 2 is 1.89 bits per heavy atom. The van der Waals surface area contributed by atoms with E-state index in [1.165, 1.54) is 0 Å². The fourth-order valence-corrected chi connectivity index (χ4v) is 2.06. The van der Waals surface area contributed by atoms with E-state index in [4.69, 9.17) is 5.73 Å². The second-order valence-electron chi connectivity index (χ2n) is 6.01. The van der Waals surface area contributed by atoms with Crippen LogP contribution in [0.3, 0.4) is 0 Å². The van der Waals surface area contributed by atoms with Crippen LogP contribution in [0.25, 0.3) is 0 Å². The average Bonchev–Trinajstić information content (AvgIpc) is 2.69. The number of nitrogens with one attached hydrogen (secondary N) is 1. The molecule has 0 bridgehead atoms. The van der Waals surface area contributed by atoms with Gasteiger partial charge < -0.3 is 15.6 Å². The Balaban J connectivity index is 2.67. The zero-order valence-corrected chi connectivity index (χ0v) is 12.7. The lowest BCUT2D eigenvalue weighted by Crippen LogP contribution is -2.34. The molecule has 1 amide bonds. The fraction of sp³-hybridized carbons (Fsp3) is 0.667. The summed E-state index contributed by atoms with van der Waals surface area (Å²) in [5.41, 5.74) is 7.06. The number of rotatable bonds is 6. The first-order valence-electron chi connectivity index (χ1n) is 7.09. The van der Waals surface area contributed by atoms with Crippen molar-refractivity contribution < 1.29 is 4.79 Å². The van der Waals surface area contributed by atoms with Gasteiger partial charge >= 0.3 is 0 Å². The monoisotopic (exact) mass is 265 g/mol. The van der Waals surface area contributed by atoms with Gasteiger partial charge in [0.1, 0.15) is 5.69 Å². The third kappa shape index (κ3) is 4.62. The summed E-state index contributed by atoms with van der Waals surface area (Å²) in [6.07, 6.45) is 3.94. The Bertz CT molecular complexity index is 421. The van der Waals surface area contributed by atoms with Gasteiger partial charge in [0.05, 0.1) is 5.69 Å². The van der Waals surface area contributed by atoms with E-state index >= 15 is 0 Å². The van der Waals surface area contributed by atoms with Gasteiger partial charge in [-0.25, -0.2) is 0 Å². The van der Waals surface area contributed by atoms with Crippen molar-refractivity contribution in [2.24, 2.45) is 5.92 Å². The van der Waals surface area contributed by atoms with Crippen LogP contribution < -0.4 is 11.1 Å². The van der Waals surface area contributed by atoms with Crippen molar-refractivity contribution in [3.63, 3.8) is 0 Å². The van der Waals surface area contributed by atoms with Crippen molar-refractivity contribution in [3.8, 4) is 0 Å². The second kappa shape index (κ2) is 6.64. The Kier molecular flexibility index (Phi) is 5.45. The molecule has 0 radical (unpaired) electrons. The number of nitrogen functional groups attached to an aromatic ring is 1. The van der Waals surface area contributed by atoms with E-state index in [-0.39, 0.29) is 18.0 Å². The molecule has 1 aromatic rings. The topological polar surface area (TPSA) is 60.1 Å². The highest BCUT2D eigenvalue weighted by atomic mass is 16.2. The quantitative estimate of drug-likeness (QED) is 0.829. The molecule has 1 heterocycles. The third-order valence-electron chi connectivity index (χ3n) is 3.21. The predicted molar refractivity (Wildman–Crippen MR) is 80.2 cm³/mol. The van der Waals surface area contributed by atoms with Crippen LogP contribution in [0.1, 0.15) is 64.0 Å². The normalized spacial score (nSPS) is 13.0. The zero-order valence-electron chi connectivity index (χ0n) is 12.7. The molecule has 1 unspecified atom stereocenters. The van der Waals surface area contributed by atoms with Crippen LogP contribution in [0.5, 0.6) is 0 Å². The number of hydrogen-bond donors (Lipinski definition) is 2. The van der Waals surface area contributed by atoms with E-state index in [2.05, 4.69) is 19.2 Å². The molecular formula is C15H27N3O. The summed E-state index contributed by atoms with van der Waals surface area (Å²) in [4.78, 5) is 12.3. The average molecular weight is 265 g/mol. The Morgan fingerprint density at radius 3 is 2.42 bits per heavy atom. The Labute approximate surface area is 116 Å². The number of nitrogens with two attached hydrogens (primary N) is 1. The highest BCUT2D eigenvalue weighted by molar-refractivity contribution is 5.94. The van der Waals surface area contributed by atoms with Crippen LogP contribution in [0, 0.1) is 5.92 Å². The van der Waals surface area contributed by atoms with E-state index in [0.29, 0.717) is 17.3 Å². The first-order valence-corrected chi connectivity index (χ1v) is 7.09. The van der Waals surface area contributed by atoms with Crippen LogP contribution in [-0.2, 0) is 0 Å². The molecule has 0 aliphatic carbocycles. The maximum absolute atomic E-state index is 12.3. The highest BCUT2D eigenvalue weighted by Crippen LogP contribution is 2.17. The van der Waals surface area contributed by atoms with Gasteiger partial charge in [0.2, 0.25) is 0 Å². The van der Waals surface area contributed by atoms with E-state index in [1.807, 2.05) is 31.5 Å². The number of nitrogens with zero attached hydrogens (tertiary/aromatic N) is 1. The van der Waals surface area contributed by atoms with Gasteiger partial charge in [0, 0.05) is 18.3 Å². The van der Waals surface area contributed by atoms with Gasteiger partial charge in [-0.15, -0.1) is 0 Å². The molecule has 1 atom stereocenters. The van der Waals surface area contributed by atoms with Gasteiger partial charge in [0.25, 0.3) is 5.91 Å². The number of carbonyl (C=O) groups excluding carboxylic acids is 1. The van der Waals surface area contributed by atoms with Gasteiger partial charge in [-0.05, 0) is 45.6 Å². The summed E-state index contributed by atoms with van der Waals surface area (Å²) < 4.78 is 1.92. The Hall–Kier alpha value is -1.45. The minimum atomic E-state index is -0.0401. The molecule has 0 fully saturated rings. The van der Waals surface area contributed by atoms with Crippen molar-refractivity contribution in [2.45, 2.75) is 59.5 Å². The first kappa shape index (κ1) is 15.6. The lowest BCUT2D eigenvalue weighted by molar-refractivity contribution is 0.0926. The molecule has 0 saturated heterocycles. The molecular weight excluding hydrogens is 238 g/mol. The standard InChI is InChI=1S/C15H27N3O/c1-10(2)6-7-12(5)17-15(19)14-8-13(16)9-18(14)11(3)4/h8-12H,6-7,16H2,1-5H3,(H,17,19). The molecule has 4 nitrogen and oxygen atoms in total. The molecule has 0 saturated carbocycles.